The van der Waals surface area contributed by atoms with Crippen LogP contribution in [0.25, 0.3) is 0 Å². The van der Waals surface area contributed by atoms with E-state index < -0.39 is 24.0 Å². The molecule has 5 nitrogen and oxygen atoms in total. The molecule has 0 aliphatic heterocycles. The van der Waals surface area contributed by atoms with Crippen molar-refractivity contribution in [3.05, 3.63) is 0 Å². The van der Waals surface area contributed by atoms with Crippen molar-refractivity contribution in [2.75, 3.05) is 6.61 Å². The highest BCUT2D eigenvalue weighted by Crippen LogP contribution is 2.14. The van der Waals surface area contributed by atoms with Gasteiger partial charge in [0, 0.05) is 6.42 Å². The molecule has 0 aromatic heterocycles. The molecule has 0 rings (SSSR count). The van der Waals surface area contributed by atoms with Crippen LogP contribution in [0.4, 0.5) is 0 Å². The van der Waals surface area contributed by atoms with E-state index in [1.54, 1.807) is 0 Å². The third-order valence-corrected chi connectivity index (χ3v) is 4.95. The van der Waals surface area contributed by atoms with Gasteiger partial charge in [-0.25, -0.2) is 4.79 Å². The quantitative estimate of drug-likeness (QED) is 0.182. The Morgan fingerprint density at radius 1 is 0.714 bits per heavy atom. The summed E-state index contributed by atoms with van der Waals surface area (Å²) in [6, 6.07) is 0. The van der Waals surface area contributed by atoms with Crippen LogP contribution in [0.5, 0.6) is 0 Å². The number of Topliss-reactive ketones (excluding diaryl/α,β-unsaturated/α-hetero) is 1. The van der Waals surface area contributed by atoms with E-state index >= 15 is 0 Å². The highest BCUT2D eigenvalue weighted by Gasteiger charge is 2.24. The van der Waals surface area contributed by atoms with Gasteiger partial charge in [0.25, 0.3) is 0 Å². The molecule has 2 unspecified atom stereocenters. The second-order valence-corrected chi connectivity index (χ2v) is 8.52. The summed E-state index contributed by atoms with van der Waals surface area (Å²) in [5.74, 6) is -0.629. The number of ether oxygens (including phenoxy) is 1. The van der Waals surface area contributed by atoms with Crippen molar-refractivity contribution in [1.82, 2.24) is 0 Å². The van der Waals surface area contributed by atoms with Crippen LogP contribution in [0.15, 0.2) is 0 Å². The minimum absolute atomic E-state index is 0.196. The Morgan fingerprint density at radius 3 is 1.57 bits per heavy atom. The van der Waals surface area contributed by atoms with E-state index in [-0.39, 0.29) is 13.0 Å². The number of aliphatic hydroxyl groups is 2. The summed E-state index contributed by atoms with van der Waals surface area (Å²) in [5, 5.41) is 18.6. The zero-order valence-electron chi connectivity index (χ0n) is 18.5. The second-order valence-electron chi connectivity index (χ2n) is 8.52. The summed E-state index contributed by atoms with van der Waals surface area (Å²) in [4.78, 5) is 23.2. The van der Waals surface area contributed by atoms with Crippen LogP contribution in [0.1, 0.15) is 111 Å². The van der Waals surface area contributed by atoms with E-state index in [2.05, 4.69) is 18.6 Å². The molecule has 0 heterocycles. The van der Waals surface area contributed by atoms with Gasteiger partial charge in [0.05, 0.1) is 6.10 Å². The topological polar surface area (TPSA) is 83.8 Å². The Balaban J connectivity index is 3.40. The number of ketones is 1. The Hall–Kier alpha value is -0.940. The van der Waals surface area contributed by atoms with Crippen molar-refractivity contribution in [2.45, 2.75) is 123 Å². The number of hydrogen-bond acceptors (Lipinski definition) is 5. The Kier molecular flexibility index (Phi) is 17.5. The van der Waals surface area contributed by atoms with Crippen molar-refractivity contribution in [1.29, 1.82) is 0 Å². The van der Waals surface area contributed by atoms with Crippen LogP contribution in [0.3, 0.4) is 0 Å². The maximum atomic E-state index is 11.8. The monoisotopic (exact) mass is 400 g/mol. The predicted octanol–water partition coefficient (Wildman–Crippen LogP) is 4.96. The van der Waals surface area contributed by atoms with Crippen LogP contribution in [-0.4, -0.2) is 40.8 Å². The molecule has 0 amide bonds. The molecule has 2 atom stereocenters. The van der Waals surface area contributed by atoms with Gasteiger partial charge in [-0.3, -0.25) is 4.79 Å². The van der Waals surface area contributed by atoms with Gasteiger partial charge in [-0.05, 0) is 19.3 Å². The van der Waals surface area contributed by atoms with Crippen LogP contribution < -0.4 is 0 Å². The minimum Gasteiger partial charge on any atom is -0.461 e. The van der Waals surface area contributed by atoms with Crippen molar-refractivity contribution >= 4 is 11.8 Å². The van der Waals surface area contributed by atoms with E-state index in [4.69, 9.17) is 5.11 Å². The first-order valence-corrected chi connectivity index (χ1v) is 11.4. The highest BCUT2D eigenvalue weighted by molar-refractivity contribution is 6.01. The molecule has 0 saturated heterocycles. The van der Waals surface area contributed by atoms with E-state index in [1.807, 2.05) is 0 Å². The van der Waals surface area contributed by atoms with Crippen LogP contribution in [0.2, 0.25) is 0 Å². The number of unbranched alkanes of at least 4 members (excludes halogenated alkanes) is 11. The van der Waals surface area contributed by atoms with E-state index in [1.165, 1.54) is 71.1 Å². The molecule has 2 N–H and O–H groups in total. The molecule has 5 heteroatoms. The Bertz CT molecular complexity index is 392. The maximum Gasteiger partial charge on any atom is 0.342 e. The van der Waals surface area contributed by atoms with Gasteiger partial charge < -0.3 is 14.9 Å². The molecular weight excluding hydrogens is 356 g/mol. The largest absolute Gasteiger partial charge is 0.461 e. The molecule has 0 aliphatic rings. The molecule has 0 saturated carbocycles. The molecule has 0 aromatic rings. The summed E-state index contributed by atoms with van der Waals surface area (Å²) < 4.78 is 4.65. The molecule has 0 aromatic carbocycles. The fraction of sp³-hybridized carbons (Fsp3) is 0.913. The fourth-order valence-corrected chi connectivity index (χ4v) is 3.17. The van der Waals surface area contributed by atoms with E-state index in [9.17, 15) is 14.7 Å². The standard InChI is InChI=1S/C23H44O5/c1-19(2)16-14-12-10-8-6-4-5-7-9-11-13-15-17-21(25)22(26)23(27)28-18-20(3)24/h19-20,22,24,26H,4-18H2,1-3H3. The lowest BCUT2D eigenvalue weighted by Gasteiger charge is -2.11. The van der Waals surface area contributed by atoms with Gasteiger partial charge in [-0.2, -0.15) is 0 Å². The number of carbonyl (C=O) groups is 2. The van der Waals surface area contributed by atoms with Gasteiger partial charge in [0.2, 0.25) is 6.10 Å². The number of hydrogen-bond donors (Lipinski definition) is 2. The van der Waals surface area contributed by atoms with E-state index in [0.29, 0.717) is 6.42 Å². The van der Waals surface area contributed by atoms with Gasteiger partial charge in [-0.15, -0.1) is 0 Å². The smallest absolute Gasteiger partial charge is 0.342 e. The van der Waals surface area contributed by atoms with Gasteiger partial charge in [0.15, 0.2) is 5.78 Å². The lowest BCUT2D eigenvalue weighted by atomic mass is 10.0. The average molecular weight is 401 g/mol. The highest BCUT2D eigenvalue weighted by atomic mass is 16.6. The molecular formula is C23H44O5. The van der Waals surface area contributed by atoms with Crippen molar-refractivity contribution < 1.29 is 24.5 Å². The first-order valence-electron chi connectivity index (χ1n) is 11.4. The Morgan fingerprint density at radius 2 is 1.14 bits per heavy atom. The SMILES string of the molecule is CC(C)CCCCCCCCCCCCCCC(=O)C(O)C(=O)OCC(C)O. The second kappa shape index (κ2) is 18.1. The first kappa shape index (κ1) is 27.1. The van der Waals surface area contributed by atoms with Crippen molar-refractivity contribution in [2.24, 2.45) is 5.92 Å². The third-order valence-electron chi connectivity index (χ3n) is 4.95. The summed E-state index contributed by atoms with van der Waals surface area (Å²) in [6.45, 7) is 5.84. The van der Waals surface area contributed by atoms with E-state index in [0.717, 1.165) is 18.8 Å². The maximum absolute atomic E-state index is 11.8. The number of carbonyl (C=O) groups excluding carboxylic acids is 2. The molecule has 0 bridgehead atoms. The summed E-state index contributed by atoms with van der Waals surface area (Å²) in [5.41, 5.74) is 0. The zero-order valence-corrected chi connectivity index (χ0v) is 18.5. The fourth-order valence-electron chi connectivity index (χ4n) is 3.17. The number of rotatable bonds is 19. The summed E-state index contributed by atoms with van der Waals surface area (Å²) in [6.07, 6.45) is 13.6. The van der Waals surface area contributed by atoms with Crippen LogP contribution in [0, 0.1) is 5.92 Å². The lowest BCUT2D eigenvalue weighted by Crippen LogP contribution is -2.33. The van der Waals surface area contributed by atoms with Crippen LogP contribution >= 0.6 is 0 Å². The summed E-state index contributed by atoms with van der Waals surface area (Å²) >= 11 is 0. The van der Waals surface area contributed by atoms with Gasteiger partial charge in [0.1, 0.15) is 6.61 Å². The van der Waals surface area contributed by atoms with Crippen molar-refractivity contribution in [3.63, 3.8) is 0 Å². The lowest BCUT2D eigenvalue weighted by molar-refractivity contribution is -0.160. The number of esters is 1. The zero-order chi connectivity index (χ0) is 21.2. The minimum atomic E-state index is -1.72. The molecule has 166 valence electrons. The average Bonchev–Trinajstić information content (AvgIpc) is 2.65. The van der Waals surface area contributed by atoms with Gasteiger partial charge >= 0.3 is 5.97 Å². The first-order chi connectivity index (χ1) is 13.3. The number of aliphatic hydroxyl groups excluding tert-OH is 2. The molecule has 0 fully saturated rings. The van der Waals surface area contributed by atoms with Crippen molar-refractivity contribution in [3.8, 4) is 0 Å². The molecule has 0 aliphatic carbocycles. The summed E-state index contributed by atoms with van der Waals surface area (Å²) in [7, 11) is 0. The molecule has 28 heavy (non-hydrogen) atoms. The van der Waals surface area contributed by atoms with Gasteiger partial charge in [-0.1, -0.05) is 90.9 Å². The predicted molar refractivity (Wildman–Crippen MR) is 113 cm³/mol. The molecule has 0 spiro atoms. The normalized spacial score (nSPS) is 13.5. The van der Waals surface area contributed by atoms with Crippen LogP contribution in [-0.2, 0) is 14.3 Å². The third kappa shape index (κ3) is 17.2. The molecule has 0 radical (unpaired) electrons. The Labute approximate surface area is 172 Å².